The molecule has 106 valence electrons. The van der Waals surface area contributed by atoms with Gasteiger partial charge >= 0.3 is 0 Å². The minimum atomic E-state index is 0.547. The second-order valence-electron chi connectivity index (χ2n) is 6.12. The Kier molecular flexibility index (Phi) is 5.72. The van der Waals surface area contributed by atoms with Crippen LogP contribution in [-0.2, 0) is 0 Å². The van der Waals surface area contributed by atoms with Gasteiger partial charge in [0.1, 0.15) is 0 Å². The molecular weight excluding hydrogens is 254 g/mol. The van der Waals surface area contributed by atoms with E-state index in [-0.39, 0.29) is 0 Å². The fourth-order valence-corrected chi connectivity index (χ4v) is 3.39. The molecule has 1 aliphatic carbocycles. The highest BCUT2D eigenvalue weighted by atomic mass is 35.5. The minimum Gasteiger partial charge on any atom is -0.314 e. The number of benzene rings is 1. The van der Waals surface area contributed by atoms with Crippen LogP contribution in [0.2, 0.25) is 5.02 Å². The molecule has 1 saturated carbocycles. The molecule has 0 bridgehead atoms. The Morgan fingerprint density at radius 3 is 2.58 bits per heavy atom. The van der Waals surface area contributed by atoms with Crippen molar-refractivity contribution in [2.45, 2.75) is 57.9 Å². The van der Waals surface area contributed by atoms with Gasteiger partial charge in [-0.1, -0.05) is 56.8 Å². The number of hydrogen-bond acceptors (Lipinski definition) is 1. The van der Waals surface area contributed by atoms with E-state index in [1.807, 2.05) is 6.07 Å². The van der Waals surface area contributed by atoms with Gasteiger partial charge in [-0.05, 0) is 42.4 Å². The summed E-state index contributed by atoms with van der Waals surface area (Å²) in [6.45, 7) is 5.51. The smallest absolute Gasteiger partial charge is 0.0408 e. The summed E-state index contributed by atoms with van der Waals surface area (Å²) in [5.74, 6) is 1.43. The third kappa shape index (κ3) is 4.50. The lowest BCUT2D eigenvalue weighted by Gasteiger charge is -2.31. The van der Waals surface area contributed by atoms with E-state index < -0.39 is 0 Å². The van der Waals surface area contributed by atoms with Crippen molar-refractivity contribution in [3.63, 3.8) is 0 Å². The first kappa shape index (κ1) is 14.9. The Morgan fingerprint density at radius 2 is 1.95 bits per heavy atom. The van der Waals surface area contributed by atoms with Crippen molar-refractivity contribution >= 4 is 11.6 Å². The van der Waals surface area contributed by atoms with Crippen LogP contribution >= 0.6 is 11.6 Å². The Labute approximate surface area is 122 Å². The summed E-state index contributed by atoms with van der Waals surface area (Å²) >= 11 is 6.17. The zero-order chi connectivity index (χ0) is 13.7. The fraction of sp³-hybridized carbons (Fsp3) is 0.647. The normalized spacial score (nSPS) is 18.7. The van der Waals surface area contributed by atoms with Gasteiger partial charge in [-0.2, -0.15) is 0 Å². The number of halogens is 1. The van der Waals surface area contributed by atoms with Crippen LogP contribution in [0.15, 0.2) is 24.3 Å². The van der Waals surface area contributed by atoms with Crippen molar-refractivity contribution in [2.75, 3.05) is 6.54 Å². The third-order valence-corrected chi connectivity index (χ3v) is 4.48. The second kappa shape index (κ2) is 7.31. The molecule has 0 aromatic heterocycles. The van der Waals surface area contributed by atoms with Gasteiger partial charge in [0.2, 0.25) is 0 Å². The van der Waals surface area contributed by atoms with Crippen molar-refractivity contribution in [2.24, 2.45) is 5.92 Å². The average molecular weight is 280 g/mol. The van der Waals surface area contributed by atoms with Crippen LogP contribution in [0.5, 0.6) is 0 Å². The van der Waals surface area contributed by atoms with Gasteiger partial charge in [0.05, 0.1) is 0 Å². The minimum absolute atomic E-state index is 0.547. The number of nitrogens with one attached hydrogen (secondary N) is 1. The third-order valence-electron chi connectivity index (χ3n) is 4.24. The summed E-state index contributed by atoms with van der Waals surface area (Å²) in [6, 6.07) is 9.00. The summed E-state index contributed by atoms with van der Waals surface area (Å²) in [6.07, 6.45) is 6.94. The average Bonchev–Trinajstić information content (AvgIpc) is 2.40. The molecule has 1 aromatic rings. The maximum atomic E-state index is 6.17. The molecule has 1 atom stereocenters. The highest BCUT2D eigenvalue weighted by Gasteiger charge is 2.25. The Balaban J connectivity index is 2.12. The predicted molar refractivity (Wildman–Crippen MR) is 83.9 cm³/mol. The van der Waals surface area contributed by atoms with Crippen LogP contribution in [0, 0.1) is 5.92 Å². The van der Waals surface area contributed by atoms with Gasteiger partial charge in [0, 0.05) is 17.6 Å². The van der Waals surface area contributed by atoms with Crippen LogP contribution in [-0.4, -0.2) is 12.6 Å². The molecule has 0 amide bonds. The van der Waals surface area contributed by atoms with E-state index in [1.54, 1.807) is 0 Å². The molecule has 1 N–H and O–H groups in total. The molecule has 1 aliphatic rings. The van der Waals surface area contributed by atoms with Crippen LogP contribution < -0.4 is 5.32 Å². The first-order valence-electron chi connectivity index (χ1n) is 7.65. The predicted octanol–water partition coefficient (Wildman–Crippen LogP) is 5.00. The molecule has 0 aliphatic heterocycles. The number of rotatable bonds is 5. The standard InChI is InChI=1S/C17H26ClN/c1-13(2)19-12-17(14-7-4-3-5-8-14)15-9-6-10-16(18)11-15/h6,9-11,13-14,17,19H,3-5,7-8,12H2,1-2H3. The second-order valence-corrected chi connectivity index (χ2v) is 6.56. The van der Waals surface area contributed by atoms with Gasteiger partial charge in [-0.3, -0.25) is 0 Å². The van der Waals surface area contributed by atoms with E-state index >= 15 is 0 Å². The van der Waals surface area contributed by atoms with Crippen molar-refractivity contribution in [1.82, 2.24) is 5.32 Å². The summed E-state index contributed by atoms with van der Waals surface area (Å²) in [4.78, 5) is 0. The van der Waals surface area contributed by atoms with E-state index in [2.05, 4.69) is 37.4 Å². The Bertz CT molecular complexity index is 383. The topological polar surface area (TPSA) is 12.0 Å². The van der Waals surface area contributed by atoms with Gasteiger partial charge in [0.15, 0.2) is 0 Å². The zero-order valence-corrected chi connectivity index (χ0v) is 12.9. The molecule has 19 heavy (non-hydrogen) atoms. The quantitative estimate of drug-likeness (QED) is 0.800. The largest absolute Gasteiger partial charge is 0.314 e. The first-order valence-corrected chi connectivity index (χ1v) is 8.03. The first-order chi connectivity index (χ1) is 9.16. The maximum Gasteiger partial charge on any atom is 0.0408 e. The molecule has 1 nitrogen and oxygen atoms in total. The monoisotopic (exact) mass is 279 g/mol. The summed E-state index contributed by atoms with van der Waals surface area (Å²) in [5.41, 5.74) is 1.41. The van der Waals surface area contributed by atoms with Crippen LogP contribution in [0.4, 0.5) is 0 Å². The van der Waals surface area contributed by atoms with Crippen molar-refractivity contribution in [3.8, 4) is 0 Å². The molecule has 1 unspecified atom stereocenters. The Morgan fingerprint density at radius 1 is 1.21 bits per heavy atom. The molecular formula is C17H26ClN. The molecule has 1 fully saturated rings. The lowest BCUT2D eigenvalue weighted by atomic mass is 9.76. The number of hydrogen-bond donors (Lipinski definition) is 1. The lowest BCUT2D eigenvalue weighted by molar-refractivity contribution is 0.293. The molecule has 2 rings (SSSR count). The van der Waals surface area contributed by atoms with Crippen LogP contribution in [0.25, 0.3) is 0 Å². The highest BCUT2D eigenvalue weighted by Crippen LogP contribution is 2.36. The van der Waals surface area contributed by atoms with E-state index in [0.29, 0.717) is 12.0 Å². The molecule has 0 saturated heterocycles. The summed E-state index contributed by atoms with van der Waals surface area (Å²) in [5, 5.41) is 4.48. The van der Waals surface area contributed by atoms with Crippen molar-refractivity contribution in [1.29, 1.82) is 0 Å². The van der Waals surface area contributed by atoms with E-state index in [9.17, 15) is 0 Å². The zero-order valence-electron chi connectivity index (χ0n) is 12.2. The summed E-state index contributed by atoms with van der Waals surface area (Å²) < 4.78 is 0. The van der Waals surface area contributed by atoms with E-state index in [0.717, 1.165) is 17.5 Å². The van der Waals surface area contributed by atoms with Gasteiger partial charge < -0.3 is 5.32 Å². The fourth-order valence-electron chi connectivity index (χ4n) is 3.19. The van der Waals surface area contributed by atoms with Crippen LogP contribution in [0.1, 0.15) is 57.4 Å². The highest BCUT2D eigenvalue weighted by molar-refractivity contribution is 6.30. The summed E-state index contributed by atoms with van der Waals surface area (Å²) in [7, 11) is 0. The molecule has 2 heteroatoms. The molecule has 0 radical (unpaired) electrons. The van der Waals surface area contributed by atoms with Crippen molar-refractivity contribution < 1.29 is 0 Å². The Hall–Kier alpha value is -0.530. The van der Waals surface area contributed by atoms with E-state index in [4.69, 9.17) is 11.6 Å². The van der Waals surface area contributed by atoms with Crippen molar-refractivity contribution in [3.05, 3.63) is 34.9 Å². The SMILES string of the molecule is CC(C)NCC(c1cccc(Cl)c1)C1CCCCC1. The maximum absolute atomic E-state index is 6.17. The van der Waals surface area contributed by atoms with Gasteiger partial charge in [0.25, 0.3) is 0 Å². The van der Waals surface area contributed by atoms with Crippen LogP contribution in [0.3, 0.4) is 0 Å². The lowest BCUT2D eigenvalue weighted by Crippen LogP contribution is -2.32. The van der Waals surface area contributed by atoms with Gasteiger partial charge in [-0.15, -0.1) is 0 Å². The van der Waals surface area contributed by atoms with E-state index in [1.165, 1.54) is 37.7 Å². The molecule has 1 aromatic carbocycles. The van der Waals surface area contributed by atoms with Gasteiger partial charge in [-0.25, -0.2) is 0 Å². The molecule has 0 spiro atoms. The molecule has 0 heterocycles.